The molecule has 1 aromatic heterocycles. The summed E-state index contributed by atoms with van der Waals surface area (Å²) in [4.78, 5) is 29.5. The molecule has 0 aromatic carbocycles. The zero-order chi connectivity index (χ0) is 17.4. The second kappa shape index (κ2) is 9.10. The lowest BCUT2D eigenvalue weighted by molar-refractivity contribution is -0.149. The number of nitrogens with zero attached hydrogens (tertiary/aromatic N) is 2. The number of rotatable bonds is 6. The first kappa shape index (κ1) is 18.0. The fraction of sp³-hybridized carbons (Fsp3) is 0.588. The van der Waals surface area contributed by atoms with Crippen molar-refractivity contribution in [1.82, 2.24) is 9.88 Å². The van der Waals surface area contributed by atoms with E-state index in [0.29, 0.717) is 26.2 Å². The number of nitrogens with one attached hydrogen (secondary N) is 1. The van der Waals surface area contributed by atoms with E-state index in [9.17, 15) is 9.59 Å². The van der Waals surface area contributed by atoms with Gasteiger partial charge in [0.15, 0.2) is 0 Å². The molecule has 24 heavy (non-hydrogen) atoms. The molecule has 1 N–H and O–H groups in total. The number of aromatic nitrogens is 1. The van der Waals surface area contributed by atoms with Crippen LogP contribution < -0.4 is 5.32 Å². The van der Waals surface area contributed by atoms with Gasteiger partial charge in [0.2, 0.25) is 0 Å². The average molecular weight is 335 g/mol. The number of carbonyl (C=O) groups is 2. The van der Waals surface area contributed by atoms with Gasteiger partial charge in [-0.15, -0.1) is 0 Å². The van der Waals surface area contributed by atoms with Crippen molar-refractivity contribution in [3.63, 3.8) is 0 Å². The zero-order valence-corrected chi connectivity index (χ0v) is 14.3. The Morgan fingerprint density at radius 2 is 2.25 bits per heavy atom. The number of anilines is 1. The van der Waals surface area contributed by atoms with Crippen LogP contribution in [0.3, 0.4) is 0 Å². The van der Waals surface area contributed by atoms with Crippen molar-refractivity contribution in [1.29, 1.82) is 0 Å². The third kappa shape index (κ3) is 5.11. The number of likely N-dealkylation sites (tertiary alicyclic amines) is 1. The summed E-state index contributed by atoms with van der Waals surface area (Å²) in [6.45, 7) is 5.89. The highest BCUT2D eigenvalue weighted by Gasteiger charge is 2.30. The van der Waals surface area contributed by atoms with Gasteiger partial charge in [-0.1, -0.05) is 0 Å². The normalized spacial score (nSPS) is 17.2. The number of hydrogen-bond donors (Lipinski definition) is 1. The van der Waals surface area contributed by atoms with Crippen molar-refractivity contribution < 1.29 is 19.1 Å². The lowest BCUT2D eigenvalue weighted by atomic mass is 9.99. The van der Waals surface area contributed by atoms with Gasteiger partial charge in [-0.2, -0.15) is 0 Å². The minimum absolute atomic E-state index is 0.256. The Kier molecular flexibility index (Phi) is 6.84. The van der Waals surface area contributed by atoms with Gasteiger partial charge in [-0.05, 0) is 38.3 Å². The molecule has 2 heterocycles. The largest absolute Gasteiger partial charge is 0.464 e. The summed E-state index contributed by atoms with van der Waals surface area (Å²) < 4.78 is 10.3. The molecule has 132 valence electrons. The summed E-state index contributed by atoms with van der Waals surface area (Å²) in [5.74, 6) is -0.531. The molecule has 1 fully saturated rings. The van der Waals surface area contributed by atoms with Crippen LogP contribution in [0.25, 0.3) is 0 Å². The van der Waals surface area contributed by atoms with Gasteiger partial charge in [-0.25, -0.2) is 4.79 Å². The molecule has 1 unspecified atom stereocenters. The van der Waals surface area contributed by atoms with Crippen molar-refractivity contribution >= 4 is 17.7 Å². The molecule has 0 bridgehead atoms. The molecule has 2 rings (SSSR count). The molecular formula is C17H25N3O4. The fourth-order valence-corrected chi connectivity index (χ4v) is 2.65. The highest BCUT2D eigenvalue weighted by atomic mass is 16.6. The Morgan fingerprint density at radius 3 is 3.00 bits per heavy atom. The van der Waals surface area contributed by atoms with Crippen molar-refractivity contribution in [3.05, 3.63) is 24.0 Å². The molecule has 0 radical (unpaired) electrons. The third-order valence-electron chi connectivity index (χ3n) is 3.98. The van der Waals surface area contributed by atoms with Crippen LogP contribution in [0, 0.1) is 12.8 Å². The third-order valence-corrected chi connectivity index (χ3v) is 3.98. The van der Waals surface area contributed by atoms with Crippen molar-refractivity contribution in [2.24, 2.45) is 5.92 Å². The summed E-state index contributed by atoms with van der Waals surface area (Å²) in [6.07, 6.45) is 4.65. The minimum atomic E-state index is -0.358. The van der Waals surface area contributed by atoms with E-state index in [4.69, 9.17) is 9.47 Å². The number of hydrogen-bond acceptors (Lipinski definition) is 6. The molecule has 1 amide bonds. The molecular weight excluding hydrogens is 310 g/mol. The summed E-state index contributed by atoms with van der Waals surface area (Å²) in [6, 6.07) is 1.92. The van der Waals surface area contributed by atoms with Crippen LogP contribution in [-0.4, -0.2) is 54.8 Å². The van der Waals surface area contributed by atoms with Crippen LogP contribution in [0.2, 0.25) is 0 Å². The van der Waals surface area contributed by atoms with E-state index in [2.05, 4.69) is 10.3 Å². The monoisotopic (exact) mass is 335 g/mol. The average Bonchev–Trinajstić information content (AvgIpc) is 2.60. The van der Waals surface area contributed by atoms with Gasteiger partial charge in [0.1, 0.15) is 6.61 Å². The van der Waals surface area contributed by atoms with Gasteiger partial charge in [0, 0.05) is 25.8 Å². The smallest absolute Gasteiger partial charge is 0.409 e. The number of esters is 1. The van der Waals surface area contributed by atoms with E-state index < -0.39 is 0 Å². The van der Waals surface area contributed by atoms with Crippen molar-refractivity contribution in [2.75, 3.05) is 38.2 Å². The quantitative estimate of drug-likeness (QED) is 0.634. The SMILES string of the molecule is CCOC(=O)N1CCCC(C(=O)OCCNc2cnccc2C)C1. The van der Waals surface area contributed by atoms with Gasteiger partial charge in [0.25, 0.3) is 0 Å². The van der Waals surface area contributed by atoms with Gasteiger partial charge in [-0.3, -0.25) is 9.78 Å². The molecule has 0 saturated carbocycles. The van der Waals surface area contributed by atoms with Crippen LogP contribution in [0.4, 0.5) is 10.5 Å². The first-order valence-electron chi connectivity index (χ1n) is 8.34. The first-order chi connectivity index (χ1) is 11.6. The number of amides is 1. The molecule has 7 nitrogen and oxygen atoms in total. The summed E-state index contributed by atoms with van der Waals surface area (Å²) in [7, 11) is 0. The Labute approximate surface area is 142 Å². The molecule has 1 aliphatic heterocycles. The maximum absolute atomic E-state index is 12.2. The molecule has 7 heteroatoms. The van der Waals surface area contributed by atoms with Crippen LogP contribution in [-0.2, 0) is 14.3 Å². The Hall–Kier alpha value is -2.31. The lowest BCUT2D eigenvalue weighted by Gasteiger charge is -2.30. The zero-order valence-electron chi connectivity index (χ0n) is 14.3. The predicted molar refractivity (Wildman–Crippen MR) is 89.7 cm³/mol. The summed E-state index contributed by atoms with van der Waals surface area (Å²) >= 11 is 0. The summed E-state index contributed by atoms with van der Waals surface area (Å²) in [5.41, 5.74) is 2.02. The maximum atomic E-state index is 12.2. The topological polar surface area (TPSA) is 80.8 Å². The van der Waals surface area contributed by atoms with E-state index in [1.54, 1.807) is 24.2 Å². The van der Waals surface area contributed by atoms with Gasteiger partial charge >= 0.3 is 12.1 Å². The second-order valence-electron chi connectivity index (χ2n) is 5.77. The van der Waals surface area contributed by atoms with E-state index in [1.807, 2.05) is 13.0 Å². The number of pyridine rings is 1. The van der Waals surface area contributed by atoms with Crippen LogP contribution in [0.15, 0.2) is 18.5 Å². The van der Waals surface area contributed by atoms with Gasteiger partial charge < -0.3 is 19.7 Å². The standard InChI is InChI=1S/C17H25N3O4/c1-3-23-17(22)20-9-4-5-14(12-20)16(21)24-10-8-19-15-11-18-7-6-13(15)2/h6-7,11,14,19H,3-5,8-10,12H2,1-2H3. The van der Waals surface area contributed by atoms with E-state index in [-0.39, 0.29) is 24.6 Å². The highest BCUT2D eigenvalue weighted by Crippen LogP contribution is 2.18. The number of piperidine rings is 1. The Balaban J connectivity index is 1.72. The second-order valence-corrected chi connectivity index (χ2v) is 5.77. The van der Waals surface area contributed by atoms with E-state index in [1.165, 1.54) is 0 Å². The van der Waals surface area contributed by atoms with Crippen molar-refractivity contribution in [2.45, 2.75) is 26.7 Å². The predicted octanol–water partition coefficient (Wildman–Crippen LogP) is 2.21. The lowest BCUT2D eigenvalue weighted by Crippen LogP contribution is -2.43. The molecule has 1 aliphatic rings. The molecule has 1 saturated heterocycles. The number of aryl methyl sites for hydroxylation is 1. The van der Waals surface area contributed by atoms with E-state index >= 15 is 0 Å². The molecule has 1 atom stereocenters. The molecule has 0 spiro atoms. The number of ether oxygens (including phenoxy) is 2. The van der Waals surface area contributed by atoms with E-state index in [0.717, 1.165) is 24.1 Å². The molecule has 1 aromatic rings. The first-order valence-corrected chi connectivity index (χ1v) is 8.34. The maximum Gasteiger partial charge on any atom is 0.409 e. The Morgan fingerprint density at radius 1 is 1.42 bits per heavy atom. The fourth-order valence-electron chi connectivity index (χ4n) is 2.65. The van der Waals surface area contributed by atoms with Crippen LogP contribution >= 0.6 is 0 Å². The van der Waals surface area contributed by atoms with Crippen LogP contribution in [0.1, 0.15) is 25.3 Å². The highest BCUT2D eigenvalue weighted by molar-refractivity contribution is 5.74. The minimum Gasteiger partial charge on any atom is -0.464 e. The van der Waals surface area contributed by atoms with Gasteiger partial charge in [0.05, 0.1) is 24.4 Å². The summed E-state index contributed by atoms with van der Waals surface area (Å²) in [5, 5.41) is 3.19. The number of carbonyl (C=O) groups excluding carboxylic acids is 2. The Bertz CT molecular complexity index is 565. The van der Waals surface area contributed by atoms with Crippen molar-refractivity contribution in [3.8, 4) is 0 Å². The molecule has 0 aliphatic carbocycles. The van der Waals surface area contributed by atoms with Crippen LogP contribution in [0.5, 0.6) is 0 Å².